The number of halogens is 1. The Balaban J connectivity index is 0.714. The van der Waals surface area contributed by atoms with Gasteiger partial charge < -0.3 is 9.64 Å². The van der Waals surface area contributed by atoms with E-state index in [4.69, 9.17) is 16.3 Å². The molecule has 0 aliphatic carbocycles. The summed E-state index contributed by atoms with van der Waals surface area (Å²) >= 11 is 6.28. The zero-order chi connectivity index (χ0) is 44.2. The maximum Gasteiger partial charge on any atom is 0.262 e. The Kier molecular flexibility index (Phi) is 11.2. The molecule has 5 aliphatic rings. The number of hydrogen-bond acceptors (Lipinski definition) is 13. The third-order valence-electron chi connectivity index (χ3n) is 13.1. The summed E-state index contributed by atoms with van der Waals surface area (Å²) in [5, 5.41) is 11.6. The zero-order valence-electron chi connectivity index (χ0n) is 34.8. The van der Waals surface area contributed by atoms with E-state index in [9.17, 15) is 32.9 Å². The van der Waals surface area contributed by atoms with Gasteiger partial charge >= 0.3 is 0 Å². The number of nitrogens with zero attached hydrogens (tertiary/aromatic N) is 7. The molecule has 4 saturated heterocycles. The minimum Gasteiger partial charge on any atom is -0.487 e. The number of nitrogens with one attached hydrogen (secondary N) is 2. The molecule has 3 aromatic carbocycles. The van der Waals surface area contributed by atoms with Gasteiger partial charge in [-0.15, -0.1) is 0 Å². The Morgan fingerprint density at radius 3 is 2.30 bits per heavy atom. The van der Waals surface area contributed by atoms with Crippen LogP contribution in [0, 0.1) is 11.3 Å². The van der Waals surface area contributed by atoms with E-state index in [1.807, 2.05) is 42.5 Å². The molecule has 16 nitrogen and oxygen atoms in total. The van der Waals surface area contributed by atoms with Crippen LogP contribution in [0.4, 0.5) is 11.6 Å². The average Bonchev–Trinajstić information content (AvgIpc) is 3.48. The molecule has 1 unspecified atom stereocenters. The van der Waals surface area contributed by atoms with Crippen molar-refractivity contribution < 1.29 is 32.3 Å². The number of aromatic nitrogens is 2. The standard InChI is InChI=1S/C45H46ClN9O7S/c1-45(2,29-17-27(21-47)18-30(46)19-29)28-3-6-35(7-4-28)62-26-31-11-14-48-44(49-31)51-63(60,61)36-12-15-52(16-13-36)33-22-54(23-33)34-24-53(25-34)32-5-8-37-38(20-32)43(59)55(42(37)58)39-9-10-40(56)50-41(39)57/h3-8,11,14,17-20,33-34,36,39H,9-10,12-13,15-16,22-26H2,1-2H3,(H,48,49,51)(H,50,56,57). The number of rotatable bonds is 12. The minimum absolute atomic E-state index is 0.00670. The van der Waals surface area contributed by atoms with Crippen LogP contribution in [0.1, 0.15) is 82.6 Å². The molecular formula is C45H46ClN9O7S. The number of nitriles is 1. The molecule has 0 bridgehead atoms. The van der Waals surface area contributed by atoms with Gasteiger partial charge in [0.2, 0.25) is 27.8 Å². The van der Waals surface area contributed by atoms with E-state index in [1.165, 1.54) is 6.20 Å². The molecule has 6 heterocycles. The fraction of sp³-hybridized carbons (Fsp3) is 0.400. The maximum atomic E-state index is 13.5. The normalized spacial score (nSPS) is 20.5. The topological polar surface area (TPSA) is 198 Å². The number of ether oxygens (including phenoxy) is 1. The van der Waals surface area contributed by atoms with Gasteiger partial charge in [0, 0.05) is 67.0 Å². The molecule has 9 rings (SSSR count). The van der Waals surface area contributed by atoms with Crippen LogP contribution in [0.3, 0.4) is 0 Å². The molecule has 326 valence electrons. The minimum atomic E-state index is -3.74. The number of likely N-dealkylation sites (tertiary alicyclic amines) is 2. The highest BCUT2D eigenvalue weighted by Crippen LogP contribution is 2.36. The fourth-order valence-electron chi connectivity index (χ4n) is 9.16. The van der Waals surface area contributed by atoms with E-state index in [0.717, 1.165) is 47.9 Å². The van der Waals surface area contributed by atoms with Crippen molar-refractivity contribution in [3.05, 3.63) is 111 Å². The molecule has 18 heteroatoms. The first-order valence-corrected chi connectivity index (χ1v) is 23.0. The van der Waals surface area contributed by atoms with E-state index in [1.54, 1.807) is 24.3 Å². The molecule has 4 fully saturated rings. The smallest absolute Gasteiger partial charge is 0.262 e. The number of anilines is 2. The average molecular weight is 892 g/mol. The number of sulfonamides is 1. The molecule has 5 aliphatic heterocycles. The van der Waals surface area contributed by atoms with Gasteiger partial charge in [-0.3, -0.25) is 43.9 Å². The van der Waals surface area contributed by atoms with Crippen LogP contribution in [0.2, 0.25) is 5.02 Å². The number of piperidine rings is 2. The summed E-state index contributed by atoms with van der Waals surface area (Å²) in [5.74, 6) is -1.45. The van der Waals surface area contributed by atoms with Gasteiger partial charge in [-0.1, -0.05) is 37.6 Å². The van der Waals surface area contributed by atoms with Crippen LogP contribution in [-0.4, -0.2) is 119 Å². The van der Waals surface area contributed by atoms with Gasteiger partial charge in [0.25, 0.3) is 11.8 Å². The number of carbonyl (C=O) groups excluding carboxylic acids is 4. The Bertz CT molecular complexity index is 2650. The second-order valence-electron chi connectivity index (χ2n) is 17.4. The molecule has 0 spiro atoms. The van der Waals surface area contributed by atoms with Crippen molar-refractivity contribution in [3.63, 3.8) is 0 Å². The van der Waals surface area contributed by atoms with E-state index in [0.29, 0.717) is 60.0 Å². The number of fused-ring (bicyclic) bond motifs is 1. The van der Waals surface area contributed by atoms with Crippen molar-refractivity contribution in [2.24, 2.45) is 0 Å². The molecule has 4 amide bonds. The summed E-state index contributed by atoms with van der Waals surface area (Å²) in [5.41, 5.74) is 3.92. The lowest BCUT2D eigenvalue weighted by molar-refractivity contribution is -0.136. The van der Waals surface area contributed by atoms with Crippen LogP contribution in [-0.2, 0) is 31.6 Å². The Morgan fingerprint density at radius 2 is 1.59 bits per heavy atom. The van der Waals surface area contributed by atoms with Crippen molar-refractivity contribution in [1.29, 1.82) is 5.26 Å². The highest BCUT2D eigenvalue weighted by atomic mass is 35.5. The summed E-state index contributed by atoms with van der Waals surface area (Å²) in [6.45, 7) is 8.91. The van der Waals surface area contributed by atoms with Gasteiger partial charge in [-0.05, 0) is 98.1 Å². The second kappa shape index (κ2) is 16.6. The summed E-state index contributed by atoms with van der Waals surface area (Å²) in [6, 6.07) is 21.7. The van der Waals surface area contributed by atoms with E-state index in [2.05, 4.69) is 54.6 Å². The monoisotopic (exact) mass is 891 g/mol. The molecule has 1 aromatic heterocycles. The number of hydrogen-bond donors (Lipinski definition) is 2. The Morgan fingerprint density at radius 1 is 0.873 bits per heavy atom. The molecule has 0 saturated carbocycles. The zero-order valence-corrected chi connectivity index (χ0v) is 36.4. The van der Waals surface area contributed by atoms with Gasteiger partial charge in [0.05, 0.1) is 33.7 Å². The van der Waals surface area contributed by atoms with Crippen molar-refractivity contribution in [2.75, 3.05) is 48.9 Å². The van der Waals surface area contributed by atoms with Crippen LogP contribution in [0.5, 0.6) is 5.75 Å². The highest BCUT2D eigenvalue weighted by molar-refractivity contribution is 7.93. The number of carbonyl (C=O) groups is 4. The molecule has 0 radical (unpaired) electrons. The molecule has 4 aromatic rings. The van der Waals surface area contributed by atoms with Crippen LogP contribution in [0.25, 0.3) is 0 Å². The summed E-state index contributed by atoms with van der Waals surface area (Å²) in [6.07, 6.45) is 2.69. The third kappa shape index (κ3) is 8.36. The van der Waals surface area contributed by atoms with Gasteiger partial charge in [0.15, 0.2) is 0 Å². The lowest BCUT2D eigenvalue weighted by Gasteiger charge is -2.55. The van der Waals surface area contributed by atoms with Crippen molar-refractivity contribution in [2.45, 2.75) is 74.9 Å². The molecule has 63 heavy (non-hydrogen) atoms. The summed E-state index contributed by atoms with van der Waals surface area (Å²) < 4.78 is 35.6. The molecule has 2 N–H and O–H groups in total. The number of amides is 4. The number of benzene rings is 3. The first-order valence-electron chi connectivity index (χ1n) is 21.0. The first kappa shape index (κ1) is 42.4. The van der Waals surface area contributed by atoms with Crippen LogP contribution < -0.4 is 19.7 Å². The SMILES string of the molecule is CC(C)(c1ccc(OCc2ccnc(NS(=O)(=O)C3CCN(C4CN(C5CN(c6ccc7c(c6)C(=O)N(C6CCC(=O)NC6=O)C7=O)C5)C4)CC3)n2)cc1)c1cc(Cl)cc(C#N)c1. The van der Waals surface area contributed by atoms with Crippen LogP contribution >= 0.6 is 11.6 Å². The first-order chi connectivity index (χ1) is 30.2. The lowest BCUT2D eigenvalue weighted by atomic mass is 9.78. The Labute approximate surface area is 370 Å². The maximum absolute atomic E-state index is 13.5. The van der Waals surface area contributed by atoms with E-state index < -0.39 is 50.4 Å². The van der Waals surface area contributed by atoms with Gasteiger partial charge in [-0.25, -0.2) is 18.4 Å². The van der Waals surface area contributed by atoms with Gasteiger partial charge in [-0.2, -0.15) is 5.26 Å². The number of imide groups is 2. The van der Waals surface area contributed by atoms with E-state index in [-0.39, 0.29) is 36.5 Å². The van der Waals surface area contributed by atoms with Crippen molar-refractivity contribution >= 4 is 56.9 Å². The lowest BCUT2D eigenvalue weighted by Crippen LogP contribution is -2.70. The molecular weight excluding hydrogens is 846 g/mol. The Hall–Kier alpha value is -5.93. The third-order valence-corrected chi connectivity index (χ3v) is 15.2. The highest BCUT2D eigenvalue weighted by Gasteiger charge is 2.46. The van der Waals surface area contributed by atoms with Crippen molar-refractivity contribution in [1.82, 2.24) is 30.0 Å². The second-order valence-corrected chi connectivity index (χ2v) is 19.8. The predicted molar refractivity (Wildman–Crippen MR) is 233 cm³/mol. The quantitative estimate of drug-likeness (QED) is 0.193. The predicted octanol–water partition coefficient (Wildman–Crippen LogP) is 4.09. The van der Waals surface area contributed by atoms with Crippen LogP contribution in [0.15, 0.2) is 72.9 Å². The molecule has 1 atom stereocenters. The fourth-order valence-corrected chi connectivity index (χ4v) is 10.8. The summed E-state index contributed by atoms with van der Waals surface area (Å²) in [4.78, 5) is 67.0. The largest absolute Gasteiger partial charge is 0.487 e. The van der Waals surface area contributed by atoms with Gasteiger partial charge in [0.1, 0.15) is 18.4 Å². The van der Waals surface area contributed by atoms with E-state index >= 15 is 0 Å². The van der Waals surface area contributed by atoms with Crippen molar-refractivity contribution in [3.8, 4) is 11.8 Å². The summed E-state index contributed by atoms with van der Waals surface area (Å²) in [7, 11) is -3.74.